The third-order valence-corrected chi connectivity index (χ3v) is 6.15. The standard InChI is InChI=1S/C16H19ClN4O2S/c1-11-9-12(17)3-4-14(11)19-15-5-7-18-16(20-15)21(2)13-6-8-24(22,23)10-13/h3-5,7,9,13H,6,8,10H2,1-2H3,(H,18,19,20). The normalized spacial score (nSPS) is 19.2. The van der Waals surface area contributed by atoms with E-state index in [2.05, 4.69) is 15.3 Å². The zero-order valence-corrected chi connectivity index (χ0v) is 15.1. The van der Waals surface area contributed by atoms with Gasteiger partial charge in [0, 0.05) is 30.0 Å². The van der Waals surface area contributed by atoms with Crippen LogP contribution in [0.1, 0.15) is 12.0 Å². The summed E-state index contributed by atoms with van der Waals surface area (Å²) >= 11 is 5.97. The zero-order chi connectivity index (χ0) is 17.3. The van der Waals surface area contributed by atoms with Gasteiger partial charge in [-0.15, -0.1) is 0 Å². The Morgan fingerprint density at radius 1 is 1.33 bits per heavy atom. The number of aryl methyl sites for hydroxylation is 1. The molecule has 1 aliphatic rings. The lowest BCUT2D eigenvalue weighted by Crippen LogP contribution is -2.33. The van der Waals surface area contributed by atoms with Crippen LogP contribution in [0, 0.1) is 6.92 Å². The van der Waals surface area contributed by atoms with Gasteiger partial charge in [0.15, 0.2) is 9.84 Å². The monoisotopic (exact) mass is 366 g/mol. The molecule has 2 aromatic rings. The third-order valence-electron chi connectivity index (χ3n) is 4.17. The van der Waals surface area contributed by atoms with Gasteiger partial charge in [-0.3, -0.25) is 0 Å². The number of rotatable bonds is 4. The first-order valence-corrected chi connectivity index (χ1v) is 9.83. The quantitative estimate of drug-likeness (QED) is 0.896. The Kier molecular flexibility index (Phi) is 4.64. The molecular weight excluding hydrogens is 348 g/mol. The van der Waals surface area contributed by atoms with Crippen molar-refractivity contribution in [1.82, 2.24) is 9.97 Å². The maximum absolute atomic E-state index is 11.7. The van der Waals surface area contributed by atoms with E-state index in [1.54, 1.807) is 12.3 Å². The van der Waals surface area contributed by atoms with Gasteiger partial charge >= 0.3 is 0 Å². The van der Waals surface area contributed by atoms with Gasteiger partial charge in [0.25, 0.3) is 0 Å². The average Bonchev–Trinajstić information content (AvgIpc) is 2.90. The second-order valence-corrected chi connectivity index (χ2v) is 8.66. The van der Waals surface area contributed by atoms with Crippen molar-refractivity contribution < 1.29 is 8.42 Å². The summed E-state index contributed by atoms with van der Waals surface area (Å²) in [5, 5.41) is 3.93. The summed E-state index contributed by atoms with van der Waals surface area (Å²) in [6.07, 6.45) is 2.27. The van der Waals surface area contributed by atoms with Crippen molar-refractivity contribution in [3.63, 3.8) is 0 Å². The molecule has 1 N–H and O–H groups in total. The lowest BCUT2D eigenvalue weighted by Gasteiger charge is -2.23. The van der Waals surface area contributed by atoms with Crippen molar-refractivity contribution in [3.05, 3.63) is 41.0 Å². The maximum atomic E-state index is 11.7. The molecule has 128 valence electrons. The number of nitrogens with zero attached hydrogens (tertiary/aromatic N) is 3. The van der Waals surface area contributed by atoms with Gasteiger partial charge in [-0.2, -0.15) is 4.98 Å². The molecule has 0 spiro atoms. The summed E-state index contributed by atoms with van der Waals surface area (Å²) in [5.41, 5.74) is 1.92. The van der Waals surface area contributed by atoms with E-state index in [0.717, 1.165) is 11.3 Å². The molecule has 0 aliphatic carbocycles. The Balaban J connectivity index is 1.79. The molecule has 0 amide bonds. The van der Waals surface area contributed by atoms with E-state index < -0.39 is 9.84 Å². The maximum Gasteiger partial charge on any atom is 0.227 e. The van der Waals surface area contributed by atoms with Crippen molar-refractivity contribution in [2.75, 3.05) is 28.8 Å². The van der Waals surface area contributed by atoms with E-state index in [1.165, 1.54) is 0 Å². The average molecular weight is 367 g/mol. The SMILES string of the molecule is Cc1cc(Cl)ccc1Nc1ccnc(N(C)C2CCS(=O)(=O)C2)n1. The first-order valence-electron chi connectivity index (χ1n) is 7.63. The third kappa shape index (κ3) is 3.79. The smallest absolute Gasteiger partial charge is 0.227 e. The lowest BCUT2D eigenvalue weighted by atomic mass is 10.2. The second-order valence-electron chi connectivity index (χ2n) is 5.99. The minimum atomic E-state index is -2.94. The Labute approximate surface area is 146 Å². The molecule has 6 nitrogen and oxygen atoms in total. The number of aromatic nitrogens is 2. The molecule has 3 rings (SSSR count). The van der Waals surface area contributed by atoms with Crippen LogP contribution in [0.25, 0.3) is 0 Å². The first kappa shape index (κ1) is 17.0. The number of hydrogen-bond acceptors (Lipinski definition) is 6. The summed E-state index contributed by atoms with van der Waals surface area (Å²) in [5.74, 6) is 1.54. The zero-order valence-electron chi connectivity index (χ0n) is 13.5. The molecule has 1 aliphatic heterocycles. The molecule has 0 radical (unpaired) electrons. The fourth-order valence-electron chi connectivity index (χ4n) is 2.74. The molecular formula is C16H19ClN4O2S. The van der Waals surface area contributed by atoms with Gasteiger partial charge in [0.1, 0.15) is 5.82 Å². The molecule has 1 atom stereocenters. The van der Waals surface area contributed by atoms with Crippen molar-refractivity contribution in [1.29, 1.82) is 0 Å². The second kappa shape index (κ2) is 6.57. The minimum Gasteiger partial charge on any atom is -0.340 e. The Hall–Kier alpha value is -1.86. The first-order chi connectivity index (χ1) is 11.3. The minimum absolute atomic E-state index is 0.0810. The van der Waals surface area contributed by atoms with Gasteiger partial charge in [-0.1, -0.05) is 11.6 Å². The van der Waals surface area contributed by atoms with E-state index in [0.29, 0.717) is 23.2 Å². The van der Waals surface area contributed by atoms with Crippen molar-refractivity contribution in [2.24, 2.45) is 0 Å². The number of benzene rings is 1. The van der Waals surface area contributed by atoms with Crippen molar-refractivity contribution >= 4 is 38.9 Å². The van der Waals surface area contributed by atoms with Gasteiger partial charge in [0.05, 0.1) is 11.5 Å². The van der Waals surface area contributed by atoms with Crippen molar-refractivity contribution in [3.8, 4) is 0 Å². The Morgan fingerprint density at radius 3 is 2.79 bits per heavy atom. The number of nitrogens with one attached hydrogen (secondary N) is 1. The topological polar surface area (TPSA) is 75.2 Å². The molecule has 2 heterocycles. The number of sulfone groups is 1. The van der Waals surface area contributed by atoms with E-state index in [4.69, 9.17) is 11.6 Å². The predicted molar refractivity (Wildman–Crippen MR) is 97.0 cm³/mol. The van der Waals surface area contributed by atoms with Crippen LogP contribution in [0.3, 0.4) is 0 Å². The van der Waals surface area contributed by atoms with Crippen LogP contribution in [0.5, 0.6) is 0 Å². The highest BCUT2D eigenvalue weighted by molar-refractivity contribution is 7.91. The highest BCUT2D eigenvalue weighted by Crippen LogP contribution is 2.24. The predicted octanol–water partition coefficient (Wildman–Crippen LogP) is 2.81. The summed E-state index contributed by atoms with van der Waals surface area (Å²) < 4.78 is 23.3. The van der Waals surface area contributed by atoms with Gasteiger partial charge in [0.2, 0.25) is 5.95 Å². The molecule has 1 saturated heterocycles. The van der Waals surface area contributed by atoms with Crippen LogP contribution in [-0.4, -0.2) is 43.0 Å². The largest absolute Gasteiger partial charge is 0.340 e. The molecule has 1 aromatic carbocycles. The highest BCUT2D eigenvalue weighted by atomic mass is 35.5. The summed E-state index contributed by atoms with van der Waals surface area (Å²) in [7, 11) is -1.11. The van der Waals surface area contributed by atoms with Crippen LogP contribution >= 0.6 is 11.6 Å². The summed E-state index contributed by atoms with van der Waals surface area (Å²) in [6.45, 7) is 1.96. The Bertz CT molecular complexity index is 857. The number of anilines is 3. The summed E-state index contributed by atoms with van der Waals surface area (Å²) in [4.78, 5) is 10.6. The molecule has 1 aromatic heterocycles. The molecule has 0 bridgehead atoms. The highest BCUT2D eigenvalue weighted by Gasteiger charge is 2.31. The van der Waals surface area contributed by atoms with Crippen LogP contribution in [0.4, 0.5) is 17.5 Å². The van der Waals surface area contributed by atoms with Gasteiger partial charge in [-0.25, -0.2) is 13.4 Å². The van der Waals surface area contributed by atoms with Crippen LogP contribution in [-0.2, 0) is 9.84 Å². The molecule has 8 heteroatoms. The molecule has 1 unspecified atom stereocenters. The van der Waals surface area contributed by atoms with E-state index >= 15 is 0 Å². The number of hydrogen-bond donors (Lipinski definition) is 1. The van der Waals surface area contributed by atoms with E-state index in [1.807, 2.05) is 37.1 Å². The van der Waals surface area contributed by atoms with Crippen LogP contribution in [0.2, 0.25) is 5.02 Å². The summed E-state index contributed by atoms with van der Waals surface area (Å²) in [6, 6.07) is 7.28. The molecule has 24 heavy (non-hydrogen) atoms. The van der Waals surface area contributed by atoms with Gasteiger partial charge < -0.3 is 10.2 Å². The Morgan fingerprint density at radius 2 is 2.12 bits per heavy atom. The van der Waals surface area contributed by atoms with E-state index in [-0.39, 0.29) is 17.5 Å². The van der Waals surface area contributed by atoms with Gasteiger partial charge in [-0.05, 0) is 43.2 Å². The van der Waals surface area contributed by atoms with E-state index in [9.17, 15) is 8.42 Å². The lowest BCUT2D eigenvalue weighted by molar-refractivity contribution is 0.600. The van der Waals surface area contributed by atoms with Crippen LogP contribution in [0.15, 0.2) is 30.5 Å². The molecule has 1 fully saturated rings. The fraction of sp³-hybridized carbons (Fsp3) is 0.375. The van der Waals surface area contributed by atoms with Crippen molar-refractivity contribution in [2.45, 2.75) is 19.4 Å². The van der Waals surface area contributed by atoms with Crippen LogP contribution < -0.4 is 10.2 Å². The molecule has 0 saturated carbocycles. The fourth-order valence-corrected chi connectivity index (χ4v) is 4.74. The number of halogens is 1.